The molecule has 0 saturated carbocycles. The van der Waals surface area contributed by atoms with Crippen LogP contribution in [0.4, 0.5) is 0 Å². The minimum atomic E-state index is 0.137. The number of nitrogens with two attached hydrogens (primary N) is 1. The van der Waals surface area contributed by atoms with E-state index in [-0.39, 0.29) is 6.10 Å². The summed E-state index contributed by atoms with van der Waals surface area (Å²) in [7, 11) is 2.09. The third-order valence-electron chi connectivity index (χ3n) is 2.23. The average molecular weight is 307 g/mol. The van der Waals surface area contributed by atoms with Crippen molar-refractivity contribution in [1.29, 1.82) is 0 Å². The Morgan fingerprint density at radius 3 is 2.88 bits per heavy atom. The van der Waals surface area contributed by atoms with Crippen LogP contribution in [0.15, 0.2) is 15.9 Å². The number of likely N-dealkylation sites (N-methyl/N-ethyl adjacent to an activating group) is 1. The van der Waals surface area contributed by atoms with Crippen molar-refractivity contribution < 1.29 is 4.74 Å². The summed E-state index contributed by atoms with van der Waals surface area (Å²) in [5.74, 6) is 0. The summed E-state index contributed by atoms with van der Waals surface area (Å²) in [5.41, 5.74) is 5.65. The Morgan fingerprint density at radius 1 is 1.62 bits per heavy atom. The van der Waals surface area contributed by atoms with Gasteiger partial charge in [-0.1, -0.05) is 0 Å². The van der Waals surface area contributed by atoms with Crippen molar-refractivity contribution in [3.05, 3.63) is 20.8 Å². The van der Waals surface area contributed by atoms with Crippen LogP contribution in [0.2, 0.25) is 0 Å². The van der Waals surface area contributed by atoms with Crippen molar-refractivity contribution in [2.24, 2.45) is 5.73 Å². The summed E-state index contributed by atoms with van der Waals surface area (Å²) < 4.78 is 6.69. The van der Waals surface area contributed by atoms with E-state index in [1.807, 2.05) is 6.92 Å². The molecule has 0 radical (unpaired) electrons. The number of hydrogen-bond donors (Lipinski definition) is 1. The Kier molecular flexibility index (Phi) is 6.53. The van der Waals surface area contributed by atoms with Crippen LogP contribution < -0.4 is 5.73 Å². The number of halogens is 1. The van der Waals surface area contributed by atoms with Crippen LogP contribution in [-0.4, -0.2) is 37.7 Å². The van der Waals surface area contributed by atoms with E-state index < -0.39 is 0 Å². The average Bonchev–Trinajstić information content (AvgIpc) is 2.63. The summed E-state index contributed by atoms with van der Waals surface area (Å²) in [6.45, 7) is 5.12. The zero-order valence-electron chi connectivity index (χ0n) is 9.78. The van der Waals surface area contributed by atoms with E-state index in [1.54, 1.807) is 11.3 Å². The van der Waals surface area contributed by atoms with Crippen molar-refractivity contribution in [2.45, 2.75) is 19.6 Å². The van der Waals surface area contributed by atoms with Crippen molar-refractivity contribution in [3.8, 4) is 0 Å². The van der Waals surface area contributed by atoms with Gasteiger partial charge < -0.3 is 10.5 Å². The second kappa shape index (κ2) is 7.40. The number of rotatable bonds is 7. The molecule has 0 aromatic carbocycles. The Morgan fingerprint density at radius 2 is 2.38 bits per heavy atom. The second-order valence-corrected chi connectivity index (χ2v) is 5.65. The predicted molar refractivity (Wildman–Crippen MR) is 72.8 cm³/mol. The maximum Gasteiger partial charge on any atom is 0.0823 e. The molecule has 0 aliphatic carbocycles. The van der Waals surface area contributed by atoms with E-state index in [4.69, 9.17) is 10.5 Å². The summed E-state index contributed by atoms with van der Waals surface area (Å²) in [4.78, 5) is 3.59. The Hall–Kier alpha value is 0.0600. The van der Waals surface area contributed by atoms with E-state index in [9.17, 15) is 0 Å². The van der Waals surface area contributed by atoms with Crippen LogP contribution in [0.3, 0.4) is 0 Å². The minimum absolute atomic E-state index is 0.137. The molecule has 16 heavy (non-hydrogen) atoms. The lowest BCUT2D eigenvalue weighted by Gasteiger charge is -2.22. The smallest absolute Gasteiger partial charge is 0.0823 e. The van der Waals surface area contributed by atoms with Crippen LogP contribution in [-0.2, 0) is 11.3 Å². The van der Waals surface area contributed by atoms with Crippen molar-refractivity contribution in [3.63, 3.8) is 0 Å². The first-order valence-corrected chi connectivity index (χ1v) is 7.06. The van der Waals surface area contributed by atoms with Gasteiger partial charge in [0, 0.05) is 41.0 Å². The van der Waals surface area contributed by atoms with Gasteiger partial charge in [-0.05, 0) is 36.0 Å². The Bertz CT molecular complexity index is 306. The van der Waals surface area contributed by atoms with Gasteiger partial charge in [-0.25, -0.2) is 0 Å². The maximum absolute atomic E-state index is 5.65. The Labute approximate surface area is 110 Å². The van der Waals surface area contributed by atoms with Crippen molar-refractivity contribution in [2.75, 3.05) is 26.7 Å². The van der Waals surface area contributed by atoms with Crippen LogP contribution in [0.1, 0.15) is 11.8 Å². The molecule has 0 saturated heterocycles. The summed E-state index contributed by atoms with van der Waals surface area (Å²) >= 11 is 5.22. The first-order chi connectivity index (χ1) is 7.65. The molecule has 2 N–H and O–H groups in total. The first kappa shape index (κ1) is 14.1. The standard InChI is InChI=1S/C11H19BrN2OS/c1-3-15-10(5-13)6-14(2)7-11-4-9(12)8-16-11/h4,8,10H,3,5-7,13H2,1-2H3. The molecular weight excluding hydrogens is 288 g/mol. The van der Waals surface area contributed by atoms with Crippen LogP contribution in [0, 0.1) is 0 Å². The molecular formula is C11H19BrN2OS. The summed E-state index contributed by atoms with van der Waals surface area (Å²) in [5, 5.41) is 2.10. The lowest BCUT2D eigenvalue weighted by molar-refractivity contribution is 0.0439. The fraction of sp³-hybridized carbons (Fsp3) is 0.636. The molecule has 0 bridgehead atoms. The van der Waals surface area contributed by atoms with Crippen LogP contribution in [0.25, 0.3) is 0 Å². The fourth-order valence-corrected chi connectivity index (χ4v) is 3.08. The molecule has 5 heteroatoms. The quantitative estimate of drug-likeness (QED) is 0.840. The molecule has 1 aromatic rings. The molecule has 0 aliphatic rings. The third-order valence-corrected chi connectivity index (χ3v) is 3.91. The van der Waals surface area contributed by atoms with Crippen molar-refractivity contribution in [1.82, 2.24) is 4.90 Å². The third kappa shape index (κ3) is 4.93. The van der Waals surface area contributed by atoms with Crippen LogP contribution >= 0.6 is 27.3 Å². The molecule has 92 valence electrons. The fourth-order valence-electron chi connectivity index (χ4n) is 1.55. The highest BCUT2D eigenvalue weighted by atomic mass is 79.9. The largest absolute Gasteiger partial charge is 0.376 e. The molecule has 1 heterocycles. The predicted octanol–water partition coefficient (Wildman–Crippen LogP) is 2.31. The van der Waals surface area contributed by atoms with Gasteiger partial charge in [0.05, 0.1) is 6.10 Å². The van der Waals surface area contributed by atoms with Crippen LogP contribution in [0.5, 0.6) is 0 Å². The summed E-state index contributed by atoms with van der Waals surface area (Å²) in [6.07, 6.45) is 0.137. The second-order valence-electron chi connectivity index (χ2n) is 3.74. The number of ether oxygens (including phenoxy) is 1. The zero-order chi connectivity index (χ0) is 12.0. The van der Waals surface area contributed by atoms with Gasteiger partial charge in [-0.15, -0.1) is 11.3 Å². The maximum atomic E-state index is 5.65. The monoisotopic (exact) mass is 306 g/mol. The Balaban J connectivity index is 2.37. The molecule has 0 amide bonds. The number of nitrogens with zero attached hydrogens (tertiary/aromatic N) is 1. The van der Waals surface area contributed by atoms with Gasteiger partial charge in [0.2, 0.25) is 0 Å². The lowest BCUT2D eigenvalue weighted by atomic mass is 10.3. The topological polar surface area (TPSA) is 38.5 Å². The summed E-state index contributed by atoms with van der Waals surface area (Å²) in [6, 6.07) is 2.15. The van der Waals surface area contributed by atoms with Crippen molar-refractivity contribution >= 4 is 27.3 Å². The molecule has 1 rings (SSSR count). The normalized spacial score (nSPS) is 13.3. The van der Waals surface area contributed by atoms with Gasteiger partial charge in [-0.2, -0.15) is 0 Å². The van der Waals surface area contributed by atoms with Gasteiger partial charge in [0.15, 0.2) is 0 Å². The lowest BCUT2D eigenvalue weighted by Crippen LogP contribution is -2.35. The molecule has 0 spiro atoms. The van der Waals surface area contributed by atoms with E-state index in [2.05, 4.69) is 39.3 Å². The highest BCUT2D eigenvalue weighted by molar-refractivity contribution is 9.10. The number of thiophene rings is 1. The van der Waals surface area contributed by atoms with E-state index in [0.717, 1.165) is 24.2 Å². The van der Waals surface area contributed by atoms with Gasteiger partial charge >= 0.3 is 0 Å². The van der Waals surface area contributed by atoms with E-state index in [0.29, 0.717) is 6.54 Å². The van der Waals surface area contributed by atoms with Gasteiger partial charge in [0.1, 0.15) is 0 Å². The van der Waals surface area contributed by atoms with E-state index in [1.165, 1.54) is 4.88 Å². The van der Waals surface area contributed by atoms with E-state index >= 15 is 0 Å². The SMILES string of the molecule is CCOC(CN)CN(C)Cc1cc(Br)cs1. The van der Waals surface area contributed by atoms with Gasteiger partial charge in [0.25, 0.3) is 0 Å². The molecule has 3 nitrogen and oxygen atoms in total. The molecule has 1 unspecified atom stereocenters. The minimum Gasteiger partial charge on any atom is -0.376 e. The molecule has 1 aromatic heterocycles. The highest BCUT2D eigenvalue weighted by Gasteiger charge is 2.10. The first-order valence-electron chi connectivity index (χ1n) is 5.38. The van der Waals surface area contributed by atoms with Gasteiger partial charge in [-0.3, -0.25) is 4.90 Å². The molecule has 0 aliphatic heterocycles. The molecule has 0 fully saturated rings. The molecule has 1 atom stereocenters. The number of hydrogen-bond acceptors (Lipinski definition) is 4. The highest BCUT2D eigenvalue weighted by Crippen LogP contribution is 2.20. The zero-order valence-corrected chi connectivity index (χ0v) is 12.2.